The van der Waals surface area contributed by atoms with Gasteiger partial charge in [0.2, 0.25) is 5.82 Å². The Hall–Kier alpha value is -1.17. The van der Waals surface area contributed by atoms with Crippen molar-refractivity contribution >= 4 is 27.7 Å². The Balaban J connectivity index is 2.42. The number of carbonyl (C=O) groups is 1. The number of halogens is 1. The number of rotatable bonds is 2. The number of esters is 1. The number of ether oxygens (including phenoxy) is 1. The molecule has 5 nitrogen and oxygen atoms in total. The minimum absolute atomic E-state index is 0.0371. The van der Waals surface area contributed by atoms with E-state index in [1.165, 1.54) is 20.0 Å². The Morgan fingerprint density at radius 3 is 2.65 bits per heavy atom. The smallest absolute Gasteiger partial charge is 0.376 e. The lowest BCUT2D eigenvalue weighted by atomic mass is 10.0. The van der Waals surface area contributed by atoms with Crippen molar-refractivity contribution in [3.8, 4) is 0 Å². The molecule has 1 aliphatic carbocycles. The van der Waals surface area contributed by atoms with Crippen molar-refractivity contribution in [1.82, 2.24) is 9.97 Å². The number of carbonyl (C=O) groups excluding carboxylic acids is 1. The molecule has 0 aromatic carbocycles. The molecule has 1 fully saturated rings. The van der Waals surface area contributed by atoms with Crippen molar-refractivity contribution < 1.29 is 9.53 Å². The molecule has 1 saturated carbocycles. The van der Waals surface area contributed by atoms with Crippen molar-refractivity contribution in [3.05, 3.63) is 16.0 Å². The Kier molecular flexibility index (Phi) is 3.61. The largest absolute Gasteiger partial charge is 0.463 e. The van der Waals surface area contributed by atoms with Gasteiger partial charge in [-0.05, 0) is 28.8 Å². The highest BCUT2D eigenvalue weighted by Crippen LogP contribution is 2.38. The zero-order chi connectivity index (χ0) is 12.4. The molecule has 1 aromatic heterocycles. The molecule has 17 heavy (non-hydrogen) atoms. The summed E-state index contributed by atoms with van der Waals surface area (Å²) in [6.45, 7) is 0. The second-order valence-corrected chi connectivity index (χ2v) is 4.90. The molecule has 1 heterocycles. The topological polar surface area (TPSA) is 78.1 Å². The molecule has 0 radical (unpaired) electrons. The SMILES string of the molecule is COC(=O)c1nc(N)c(Br)c(C2CCCC2)n1. The minimum atomic E-state index is -0.552. The summed E-state index contributed by atoms with van der Waals surface area (Å²) in [5.41, 5.74) is 6.60. The van der Waals surface area contributed by atoms with Gasteiger partial charge >= 0.3 is 5.97 Å². The van der Waals surface area contributed by atoms with Crippen LogP contribution in [0.3, 0.4) is 0 Å². The first-order valence-corrected chi connectivity index (χ1v) is 6.34. The lowest BCUT2D eigenvalue weighted by molar-refractivity contribution is 0.0586. The Labute approximate surface area is 108 Å². The third-order valence-electron chi connectivity index (χ3n) is 3.01. The summed E-state index contributed by atoms with van der Waals surface area (Å²) in [5.74, 6) is 0.138. The van der Waals surface area contributed by atoms with Crippen molar-refractivity contribution in [2.24, 2.45) is 0 Å². The number of hydrogen-bond donors (Lipinski definition) is 1. The van der Waals surface area contributed by atoms with Gasteiger partial charge in [-0.1, -0.05) is 12.8 Å². The number of nitrogen functional groups attached to an aromatic ring is 1. The number of methoxy groups -OCH3 is 1. The number of aromatic nitrogens is 2. The van der Waals surface area contributed by atoms with Gasteiger partial charge in [0, 0.05) is 5.92 Å². The molecular weight excluding hydrogens is 286 g/mol. The highest BCUT2D eigenvalue weighted by atomic mass is 79.9. The lowest BCUT2D eigenvalue weighted by Gasteiger charge is -2.12. The van der Waals surface area contributed by atoms with Crippen LogP contribution in [0.4, 0.5) is 5.82 Å². The van der Waals surface area contributed by atoms with Gasteiger partial charge in [0.05, 0.1) is 17.3 Å². The Bertz CT molecular complexity index is 445. The van der Waals surface area contributed by atoms with E-state index in [1.54, 1.807) is 0 Å². The number of anilines is 1. The van der Waals surface area contributed by atoms with Crippen LogP contribution in [0.25, 0.3) is 0 Å². The van der Waals surface area contributed by atoms with Crippen LogP contribution >= 0.6 is 15.9 Å². The van der Waals surface area contributed by atoms with Gasteiger partial charge in [-0.25, -0.2) is 14.8 Å². The third-order valence-corrected chi connectivity index (χ3v) is 3.82. The first-order chi connectivity index (χ1) is 8.13. The van der Waals surface area contributed by atoms with E-state index in [1.807, 2.05) is 0 Å². The van der Waals surface area contributed by atoms with Crippen LogP contribution in [0.5, 0.6) is 0 Å². The second-order valence-electron chi connectivity index (χ2n) is 4.10. The zero-order valence-electron chi connectivity index (χ0n) is 9.57. The van der Waals surface area contributed by atoms with E-state index in [4.69, 9.17) is 5.73 Å². The fraction of sp³-hybridized carbons (Fsp3) is 0.545. The maximum absolute atomic E-state index is 11.4. The number of nitrogens with two attached hydrogens (primary N) is 1. The van der Waals surface area contributed by atoms with E-state index < -0.39 is 5.97 Å². The number of nitrogens with zero attached hydrogens (tertiary/aromatic N) is 2. The minimum Gasteiger partial charge on any atom is -0.463 e. The molecule has 0 bridgehead atoms. The van der Waals surface area contributed by atoms with E-state index in [0.29, 0.717) is 16.2 Å². The molecule has 1 aromatic rings. The van der Waals surface area contributed by atoms with Crippen molar-refractivity contribution in [3.63, 3.8) is 0 Å². The van der Waals surface area contributed by atoms with Crippen LogP contribution in [0, 0.1) is 0 Å². The van der Waals surface area contributed by atoms with Crippen LogP contribution in [0.1, 0.15) is 47.9 Å². The molecule has 0 aliphatic heterocycles. The average Bonchev–Trinajstić information content (AvgIpc) is 2.85. The normalized spacial score (nSPS) is 16.1. The predicted octanol–water partition coefficient (Wildman–Crippen LogP) is 2.27. The summed E-state index contributed by atoms with van der Waals surface area (Å²) < 4.78 is 5.32. The molecule has 2 N–H and O–H groups in total. The van der Waals surface area contributed by atoms with Gasteiger partial charge in [0.25, 0.3) is 0 Å². The molecule has 2 rings (SSSR count). The number of hydrogen-bond acceptors (Lipinski definition) is 5. The summed E-state index contributed by atoms with van der Waals surface area (Å²) in [6.07, 6.45) is 4.54. The fourth-order valence-electron chi connectivity index (χ4n) is 2.13. The monoisotopic (exact) mass is 299 g/mol. The molecule has 0 atom stereocenters. The molecule has 6 heteroatoms. The van der Waals surface area contributed by atoms with Crippen molar-refractivity contribution in [1.29, 1.82) is 0 Å². The van der Waals surface area contributed by atoms with E-state index in [9.17, 15) is 4.79 Å². The molecular formula is C11H14BrN3O2. The van der Waals surface area contributed by atoms with E-state index >= 15 is 0 Å². The Morgan fingerprint density at radius 2 is 2.06 bits per heavy atom. The maximum atomic E-state index is 11.4. The highest BCUT2D eigenvalue weighted by Gasteiger charge is 2.24. The summed E-state index contributed by atoms with van der Waals surface area (Å²) in [4.78, 5) is 19.6. The molecule has 0 unspecified atom stereocenters. The van der Waals surface area contributed by atoms with E-state index in [-0.39, 0.29) is 5.82 Å². The molecule has 1 aliphatic rings. The van der Waals surface area contributed by atoms with Gasteiger partial charge < -0.3 is 10.5 Å². The Morgan fingerprint density at radius 1 is 1.41 bits per heavy atom. The van der Waals surface area contributed by atoms with E-state index in [2.05, 4.69) is 30.6 Å². The van der Waals surface area contributed by atoms with Crippen molar-refractivity contribution in [2.75, 3.05) is 12.8 Å². The van der Waals surface area contributed by atoms with Crippen molar-refractivity contribution in [2.45, 2.75) is 31.6 Å². The summed E-state index contributed by atoms with van der Waals surface area (Å²) >= 11 is 3.39. The first-order valence-electron chi connectivity index (χ1n) is 5.54. The molecule has 0 amide bonds. The summed E-state index contributed by atoms with van der Waals surface area (Å²) in [5, 5.41) is 0. The lowest BCUT2D eigenvalue weighted by Crippen LogP contribution is -2.13. The van der Waals surface area contributed by atoms with Crippen LogP contribution in [0.2, 0.25) is 0 Å². The average molecular weight is 300 g/mol. The van der Waals surface area contributed by atoms with Gasteiger partial charge in [-0.3, -0.25) is 0 Å². The van der Waals surface area contributed by atoms with Crippen LogP contribution in [0.15, 0.2) is 4.47 Å². The summed E-state index contributed by atoms with van der Waals surface area (Å²) in [6, 6.07) is 0. The van der Waals surface area contributed by atoms with Gasteiger partial charge in [-0.2, -0.15) is 0 Å². The molecule has 92 valence electrons. The first kappa shape index (κ1) is 12.3. The van der Waals surface area contributed by atoms with Gasteiger partial charge in [0.1, 0.15) is 5.82 Å². The van der Waals surface area contributed by atoms with Gasteiger partial charge in [0.15, 0.2) is 0 Å². The quantitative estimate of drug-likeness (QED) is 0.848. The fourth-order valence-corrected chi connectivity index (χ4v) is 2.64. The molecule has 0 spiro atoms. The zero-order valence-corrected chi connectivity index (χ0v) is 11.2. The second kappa shape index (κ2) is 5.00. The highest BCUT2D eigenvalue weighted by molar-refractivity contribution is 9.10. The van der Waals surface area contributed by atoms with Crippen LogP contribution in [-0.4, -0.2) is 23.0 Å². The summed E-state index contributed by atoms with van der Waals surface area (Å²) in [7, 11) is 1.30. The predicted molar refractivity (Wildman–Crippen MR) is 66.7 cm³/mol. The van der Waals surface area contributed by atoms with Gasteiger partial charge in [-0.15, -0.1) is 0 Å². The standard InChI is InChI=1S/C11H14BrN3O2/c1-17-11(16)10-14-8(6-4-2-3-5-6)7(12)9(13)15-10/h6H,2-5H2,1H3,(H2,13,14,15). The van der Waals surface area contributed by atoms with Crippen LogP contribution in [-0.2, 0) is 4.74 Å². The van der Waals surface area contributed by atoms with Crippen LogP contribution < -0.4 is 5.73 Å². The third kappa shape index (κ3) is 2.41. The molecule has 0 saturated heterocycles. The van der Waals surface area contributed by atoms with E-state index in [0.717, 1.165) is 18.5 Å². The maximum Gasteiger partial charge on any atom is 0.376 e.